The molecule has 0 amide bonds. The van der Waals surface area contributed by atoms with E-state index in [1.165, 1.54) is 6.92 Å². The second-order valence-corrected chi connectivity index (χ2v) is 3.63. The van der Waals surface area contributed by atoms with Crippen molar-refractivity contribution in [2.75, 3.05) is 0 Å². The number of hydrogen-bond acceptors (Lipinski definition) is 0. The van der Waals surface area contributed by atoms with Crippen LogP contribution >= 0.6 is 0 Å². The molecule has 0 rings (SSSR count). The van der Waals surface area contributed by atoms with E-state index in [4.69, 9.17) is 0 Å². The minimum Gasteiger partial charge on any atom is -0.207 e. The Hall–Kier alpha value is -0.140. The average molecular weight is 164 g/mol. The van der Waals surface area contributed by atoms with Crippen LogP contribution in [0.5, 0.6) is 0 Å². The predicted octanol–water partition coefficient (Wildman–Crippen LogP) is 3.71. The summed E-state index contributed by atoms with van der Waals surface area (Å²) in [4.78, 5) is 0. The van der Waals surface area contributed by atoms with Gasteiger partial charge in [-0.05, 0) is 11.8 Å². The van der Waals surface area contributed by atoms with Crippen molar-refractivity contribution in [3.8, 4) is 0 Å². The molecule has 0 bridgehead atoms. The maximum Gasteiger partial charge on any atom is 0.248 e. The van der Waals surface area contributed by atoms with Gasteiger partial charge in [-0.25, -0.2) is 8.78 Å². The zero-order valence-corrected chi connectivity index (χ0v) is 7.82. The lowest BCUT2D eigenvalue weighted by molar-refractivity contribution is -0.0296. The smallest absolute Gasteiger partial charge is 0.207 e. The van der Waals surface area contributed by atoms with Crippen LogP contribution in [-0.4, -0.2) is 5.92 Å². The van der Waals surface area contributed by atoms with E-state index in [2.05, 4.69) is 0 Å². The van der Waals surface area contributed by atoms with E-state index in [1.807, 2.05) is 20.8 Å². The molecule has 0 saturated heterocycles. The van der Waals surface area contributed by atoms with E-state index in [-0.39, 0.29) is 18.8 Å². The van der Waals surface area contributed by atoms with Crippen molar-refractivity contribution in [2.45, 2.75) is 46.5 Å². The summed E-state index contributed by atoms with van der Waals surface area (Å²) in [5.74, 6) is -1.98. The van der Waals surface area contributed by atoms with Crippen molar-refractivity contribution in [3.63, 3.8) is 0 Å². The number of halogens is 2. The van der Waals surface area contributed by atoms with Crippen molar-refractivity contribution in [2.24, 2.45) is 11.8 Å². The highest BCUT2D eigenvalue weighted by atomic mass is 19.3. The van der Waals surface area contributed by atoms with Gasteiger partial charge in [0.05, 0.1) is 0 Å². The maximum atomic E-state index is 12.8. The van der Waals surface area contributed by atoms with Crippen molar-refractivity contribution in [1.82, 2.24) is 0 Å². The molecule has 0 fully saturated rings. The Morgan fingerprint density at radius 2 is 1.64 bits per heavy atom. The van der Waals surface area contributed by atoms with Gasteiger partial charge < -0.3 is 0 Å². The molecule has 2 heteroatoms. The molecule has 0 saturated carbocycles. The SMILES string of the molecule is CCC(F)(F)C[C@H](C)C(C)C. The highest BCUT2D eigenvalue weighted by molar-refractivity contribution is 4.69. The van der Waals surface area contributed by atoms with Gasteiger partial charge in [-0.15, -0.1) is 0 Å². The Morgan fingerprint density at radius 3 is 1.91 bits per heavy atom. The van der Waals surface area contributed by atoms with Crippen molar-refractivity contribution >= 4 is 0 Å². The molecular weight excluding hydrogens is 146 g/mol. The monoisotopic (exact) mass is 164 g/mol. The first-order valence-electron chi connectivity index (χ1n) is 4.27. The summed E-state index contributed by atoms with van der Waals surface area (Å²) in [5.41, 5.74) is 0. The Balaban J connectivity index is 3.83. The molecule has 0 N–H and O–H groups in total. The first kappa shape index (κ1) is 10.9. The van der Waals surface area contributed by atoms with Crippen LogP contribution in [0.1, 0.15) is 40.5 Å². The summed E-state index contributed by atoms with van der Waals surface area (Å²) in [6.07, 6.45) is -0.00870. The lowest BCUT2D eigenvalue weighted by Crippen LogP contribution is -2.20. The van der Waals surface area contributed by atoms with E-state index in [0.717, 1.165) is 0 Å². The van der Waals surface area contributed by atoms with Crippen LogP contribution < -0.4 is 0 Å². The number of alkyl halides is 2. The van der Waals surface area contributed by atoms with Crippen LogP contribution in [0.15, 0.2) is 0 Å². The third-order valence-corrected chi connectivity index (χ3v) is 2.28. The quantitative estimate of drug-likeness (QED) is 0.594. The van der Waals surface area contributed by atoms with E-state index >= 15 is 0 Å². The molecule has 0 aromatic rings. The Kier molecular flexibility index (Phi) is 3.98. The zero-order valence-electron chi connectivity index (χ0n) is 7.82. The molecule has 0 aliphatic heterocycles. The summed E-state index contributed by atoms with van der Waals surface area (Å²) in [7, 11) is 0. The second kappa shape index (κ2) is 4.03. The van der Waals surface area contributed by atoms with Crippen molar-refractivity contribution in [3.05, 3.63) is 0 Å². The molecular formula is C9H18F2. The summed E-state index contributed by atoms with van der Waals surface area (Å²) >= 11 is 0. The van der Waals surface area contributed by atoms with Gasteiger partial charge in [-0.1, -0.05) is 27.7 Å². The molecule has 0 spiro atoms. The first-order chi connectivity index (χ1) is 4.89. The molecule has 1 atom stereocenters. The van der Waals surface area contributed by atoms with Gasteiger partial charge in [-0.3, -0.25) is 0 Å². The molecule has 0 aromatic carbocycles. The minimum absolute atomic E-state index is 0.0289. The molecule has 0 aliphatic rings. The summed E-state index contributed by atoms with van der Waals surface area (Å²) < 4.78 is 25.5. The third kappa shape index (κ3) is 4.33. The Morgan fingerprint density at radius 1 is 1.18 bits per heavy atom. The van der Waals surface area contributed by atoms with Gasteiger partial charge in [-0.2, -0.15) is 0 Å². The van der Waals surface area contributed by atoms with Gasteiger partial charge in [0.15, 0.2) is 0 Å². The normalized spacial score (nSPS) is 15.5. The lowest BCUT2D eigenvalue weighted by atomic mass is 9.91. The van der Waals surface area contributed by atoms with E-state index in [1.54, 1.807) is 0 Å². The Bertz CT molecular complexity index is 108. The molecule has 0 radical (unpaired) electrons. The largest absolute Gasteiger partial charge is 0.248 e. The zero-order chi connectivity index (χ0) is 9.07. The first-order valence-corrected chi connectivity index (χ1v) is 4.27. The molecule has 0 aliphatic carbocycles. The highest BCUT2D eigenvalue weighted by Crippen LogP contribution is 2.29. The van der Waals surface area contributed by atoms with Crippen LogP contribution in [-0.2, 0) is 0 Å². The van der Waals surface area contributed by atoms with Crippen LogP contribution in [0, 0.1) is 11.8 Å². The maximum absolute atomic E-state index is 12.8. The van der Waals surface area contributed by atoms with E-state index < -0.39 is 5.92 Å². The topological polar surface area (TPSA) is 0 Å². The van der Waals surface area contributed by atoms with Crippen LogP contribution in [0.3, 0.4) is 0 Å². The summed E-state index contributed by atoms with van der Waals surface area (Å²) in [5, 5.41) is 0. The molecule has 0 unspecified atom stereocenters. The summed E-state index contributed by atoms with van der Waals surface area (Å²) in [6, 6.07) is 0. The fourth-order valence-corrected chi connectivity index (χ4v) is 0.851. The van der Waals surface area contributed by atoms with Crippen molar-refractivity contribution < 1.29 is 8.78 Å². The van der Waals surface area contributed by atoms with Crippen LogP contribution in [0.25, 0.3) is 0 Å². The number of hydrogen-bond donors (Lipinski definition) is 0. The predicted molar refractivity (Wildman–Crippen MR) is 43.9 cm³/mol. The highest BCUT2D eigenvalue weighted by Gasteiger charge is 2.29. The molecule has 0 aromatic heterocycles. The van der Waals surface area contributed by atoms with Gasteiger partial charge in [0.25, 0.3) is 0 Å². The molecule has 0 heterocycles. The molecule has 11 heavy (non-hydrogen) atoms. The van der Waals surface area contributed by atoms with Crippen molar-refractivity contribution in [1.29, 1.82) is 0 Å². The van der Waals surface area contributed by atoms with Gasteiger partial charge in [0, 0.05) is 12.8 Å². The van der Waals surface area contributed by atoms with Gasteiger partial charge in [0.1, 0.15) is 0 Å². The van der Waals surface area contributed by atoms with Gasteiger partial charge in [0.2, 0.25) is 5.92 Å². The van der Waals surface area contributed by atoms with Crippen LogP contribution in [0.4, 0.5) is 8.78 Å². The lowest BCUT2D eigenvalue weighted by Gasteiger charge is -2.21. The van der Waals surface area contributed by atoms with E-state index in [9.17, 15) is 8.78 Å². The Labute approximate surface area is 68.0 Å². The fraction of sp³-hybridized carbons (Fsp3) is 1.00. The van der Waals surface area contributed by atoms with E-state index in [0.29, 0.717) is 5.92 Å². The number of rotatable bonds is 4. The standard InChI is InChI=1S/C9H18F2/c1-5-9(10,11)6-8(4)7(2)3/h7-8H,5-6H2,1-4H3/t8-/m0/s1. The molecule has 0 nitrogen and oxygen atoms in total. The van der Waals surface area contributed by atoms with Gasteiger partial charge >= 0.3 is 0 Å². The fourth-order valence-electron chi connectivity index (χ4n) is 0.851. The van der Waals surface area contributed by atoms with Crippen LogP contribution in [0.2, 0.25) is 0 Å². The third-order valence-electron chi connectivity index (χ3n) is 2.28. The second-order valence-electron chi connectivity index (χ2n) is 3.63. The minimum atomic E-state index is -2.45. The summed E-state index contributed by atoms with van der Waals surface area (Å²) in [6.45, 7) is 7.38. The molecule has 68 valence electrons. The average Bonchev–Trinajstić information content (AvgIpc) is 1.87.